The van der Waals surface area contributed by atoms with E-state index in [-0.39, 0.29) is 5.88 Å². The van der Waals surface area contributed by atoms with E-state index in [0.717, 1.165) is 31.9 Å². The summed E-state index contributed by atoms with van der Waals surface area (Å²) >= 11 is 5.56. The highest BCUT2D eigenvalue weighted by atomic mass is 35.5. The zero-order valence-corrected chi connectivity index (χ0v) is 7.96. The molecule has 0 aliphatic carbocycles. The molecule has 1 aliphatic rings. The van der Waals surface area contributed by atoms with Gasteiger partial charge >= 0.3 is 0 Å². The van der Waals surface area contributed by atoms with Gasteiger partial charge in [-0.25, -0.2) is 0 Å². The average Bonchev–Trinajstić information content (AvgIpc) is 2.67. The molecule has 5 heteroatoms. The molecule has 2 heterocycles. The van der Waals surface area contributed by atoms with Gasteiger partial charge in [0.25, 0.3) is 0 Å². The van der Waals surface area contributed by atoms with Gasteiger partial charge in [0.1, 0.15) is 5.88 Å². The van der Waals surface area contributed by atoms with Crippen LogP contribution in [0.5, 0.6) is 0 Å². The summed E-state index contributed by atoms with van der Waals surface area (Å²) in [5, 5.41) is 3.88. The quantitative estimate of drug-likeness (QED) is 0.685. The van der Waals surface area contributed by atoms with Crippen LogP contribution in [0.3, 0.4) is 0 Å². The van der Waals surface area contributed by atoms with Gasteiger partial charge in [0, 0.05) is 19.1 Å². The molecule has 4 nitrogen and oxygen atoms in total. The summed E-state index contributed by atoms with van der Waals surface area (Å²) in [7, 11) is 0. The summed E-state index contributed by atoms with van der Waals surface area (Å²) in [6.45, 7) is 1.57. The molecule has 72 valence electrons. The third-order valence-electron chi connectivity index (χ3n) is 2.18. The number of hydrogen-bond acceptors (Lipinski definition) is 4. The number of rotatable bonds is 2. The minimum atomic E-state index is 0.288. The average molecular weight is 203 g/mol. The van der Waals surface area contributed by atoms with E-state index < -0.39 is 0 Å². The lowest BCUT2D eigenvalue weighted by Gasteiger charge is -2.18. The minimum absolute atomic E-state index is 0.288. The highest BCUT2D eigenvalue weighted by Crippen LogP contribution is 2.24. The monoisotopic (exact) mass is 202 g/mol. The highest BCUT2D eigenvalue weighted by molar-refractivity contribution is 6.16. The van der Waals surface area contributed by atoms with Gasteiger partial charge in [-0.05, 0) is 12.8 Å². The molecule has 2 rings (SSSR count). The second-order valence-corrected chi connectivity index (χ2v) is 3.33. The first kappa shape index (κ1) is 8.97. The van der Waals surface area contributed by atoms with E-state index in [1.54, 1.807) is 0 Å². The molecule has 1 aromatic rings. The number of alkyl halides is 1. The van der Waals surface area contributed by atoms with Gasteiger partial charge in [-0.1, -0.05) is 5.16 Å². The van der Waals surface area contributed by atoms with Crippen molar-refractivity contribution < 1.29 is 9.26 Å². The van der Waals surface area contributed by atoms with Crippen LogP contribution in [0.4, 0.5) is 0 Å². The number of ether oxygens (including phenoxy) is 1. The van der Waals surface area contributed by atoms with E-state index in [4.69, 9.17) is 20.9 Å². The molecule has 0 saturated carbocycles. The maximum absolute atomic E-state index is 5.56. The molecule has 13 heavy (non-hydrogen) atoms. The molecule has 1 fully saturated rings. The lowest BCUT2D eigenvalue weighted by atomic mass is 10.00. The lowest BCUT2D eigenvalue weighted by Crippen LogP contribution is -2.15. The third-order valence-corrected chi connectivity index (χ3v) is 2.41. The van der Waals surface area contributed by atoms with Crippen molar-refractivity contribution in [1.29, 1.82) is 0 Å². The fraction of sp³-hybridized carbons (Fsp3) is 0.750. The van der Waals surface area contributed by atoms with E-state index in [0.29, 0.717) is 11.8 Å². The Labute approximate surface area is 81.2 Å². The van der Waals surface area contributed by atoms with Gasteiger partial charge in [-0.3, -0.25) is 0 Å². The van der Waals surface area contributed by atoms with Crippen LogP contribution in [-0.4, -0.2) is 23.4 Å². The summed E-state index contributed by atoms with van der Waals surface area (Å²) in [6.07, 6.45) is 1.95. The smallest absolute Gasteiger partial charge is 0.241 e. The van der Waals surface area contributed by atoms with Crippen LogP contribution in [0.2, 0.25) is 0 Å². The summed E-state index contributed by atoms with van der Waals surface area (Å²) in [4.78, 5) is 4.19. The van der Waals surface area contributed by atoms with Crippen molar-refractivity contribution >= 4 is 11.6 Å². The Morgan fingerprint density at radius 1 is 1.38 bits per heavy atom. The van der Waals surface area contributed by atoms with Crippen molar-refractivity contribution in [2.24, 2.45) is 0 Å². The summed E-state index contributed by atoms with van der Waals surface area (Å²) in [6, 6.07) is 0. The number of aromatic nitrogens is 2. The first-order valence-electron chi connectivity index (χ1n) is 4.36. The molecule has 0 unspecified atom stereocenters. The molecule has 1 aliphatic heterocycles. The van der Waals surface area contributed by atoms with Crippen molar-refractivity contribution in [1.82, 2.24) is 10.1 Å². The van der Waals surface area contributed by atoms with Crippen LogP contribution in [0.25, 0.3) is 0 Å². The fourth-order valence-corrected chi connectivity index (χ4v) is 1.55. The molecular formula is C8H11ClN2O2. The van der Waals surface area contributed by atoms with E-state index in [2.05, 4.69) is 10.1 Å². The van der Waals surface area contributed by atoms with Crippen LogP contribution >= 0.6 is 11.6 Å². The van der Waals surface area contributed by atoms with E-state index in [1.807, 2.05) is 0 Å². The zero-order valence-electron chi connectivity index (χ0n) is 7.20. The Balaban J connectivity index is 2.05. The maximum atomic E-state index is 5.56. The van der Waals surface area contributed by atoms with Crippen molar-refractivity contribution in [2.75, 3.05) is 13.2 Å². The SMILES string of the molecule is ClCc1nc(C2CCOCC2)no1. The van der Waals surface area contributed by atoms with Crippen molar-refractivity contribution in [3.05, 3.63) is 11.7 Å². The fourth-order valence-electron chi connectivity index (χ4n) is 1.44. The summed E-state index contributed by atoms with van der Waals surface area (Å²) in [5.41, 5.74) is 0. The van der Waals surface area contributed by atoms with Crippen LogP contribution in [0.15, 0.2) is 4.52 Å². The molecule has 0 spiro atoms. The van der Waals surface area contributed by atoms with Gasteiger partial charge in [0.15, 0.2) is 5.82 Å². The molecule has 0 atom stereocenters. The third kappa shape index (κ3) is 2.00. The topological polar surface area (TPSA) is 48.2 Å². The second-order valence-electron chi connectivity index (χ2n) is 3.07. The zero-order chi connectivity index (χ0) is 9.10. The Kier molecular flexibility index (Phi) is 2.80. The molecule has 0 radical (unpaired) electrons. The number of hydrogen-bond donors (Lipinski definition) is 0. The number of nitrogens with zero attached hydrogens (tertiary/aromatic N) is 2. The predicted octanol–water partition coefficient (Wildman–Crippen LogP) is 1.70. The van der Waals surface area contributed by atoms with E-state index in [1.165, 1.54) is 0 Å². The van der Waals surface area contributed by atoms with Crippen molar-refractivity contribution in [3.63, 3.8) is 0 Å². The minimum Gasteiger partial charge on any atom is -0.381 e. The summed E-state index contributed by atoms with van der Waals surface area (Å²) < 4.78 is 10.2. The molecule has 0 aromatic carbocycles. The first-order chi connectivity index (χ1) is 6.40. The Morgan fingerprint density at radius 3 is 2.77 bits per heavy atom. The normalized spacial score (nSPS) is 19.2. The molecule has 0 amide bonds. The largest absolute Gasteiger partial charge is 0.381 e. The molecule has 0 bridgehead atoms. The van der Waals surface area contributed by atoms with Crippen molar-refractivity contribution in [3.8, 4) is 0 Å². The van der Waals surface area contributed by atoms with Crippen LogP contribution in [0, 0.1) is 0 Å². The van der Waals surface area contributed by atoms with Crippen molar-refractivity contribution in [2.45, 2.75) is 24.6 Å². The van der Waals surface area contributed by atoms with Crippen LogP contribution in [-0.2, 0) is 10.6 Å². The van der Waals surface area contributed by atoms with Gasteiger partial charge in [0.05, 0.1) is 0 Å². The van der Waals surface area contributed by atoms with Crippen LogP contribution in [0.1, 0.15) is 30.5 Å². The standard InChI is InChI=1S/C8H11ClN2O2/c9-5-7-10-8(11-13-7)6-1-3-12-4-2-6/h6H,1-5H2. The van der Waals surface area contributed by atoms with Crippen LogP contribution < -0.4 is 0 Å². The predicted molar refractivity (Wildman–Crippen MR) is 46.6 cm³/mol. The summed E-state index contributed by atoms with van der Waals surface area (Å²) in [5.74, 6) is 1.95. The Bertz CT molecular complexity index is 271. The lowest BCUT2D eigenvalue weighted by molar-refractivity contribution is 0.0830. The molecule has 1 saturated heterocycles. The Hall–Kier alpha value is -0.610. The van der Waals surface area contributed by atoms with E-state index in [9.17, 15) is 0 Å². The first-order valence-corrected chi connectivity index (χ1v) is 4.90. The molecular weight excluding hydrogens is 192 g/mol. The molecule has 1 aromatic heterocycles. The second kappa shape index (κ2) is 4.07. The molecule has 0 N–H and O–H groups in total. The van der Waals surface area contributed by atoms with E-state index >= 15 is 0 Å². The Morgan fingerprint density at radius 2 is 2.15 bits per heavy atom. The highest BCUT2D eigenvalue weighted by Gasteiger charge is 2.20. The number of halogens is 1. The van der Waals surface area contributed by atoms with Gasteiger partial charge < -0.3 is 9.26 Å². The van der Waals surface area contributed by atoms with Gasteiger partial charge in [-0.2, -0.15) is 4.98 Å². The van der Waals surface area contributed by atoms with Gasteiger partial charge in [0.2, 0.25) is 5.89 Å². The van der Waals surface area contributed by atoms with Gasteiger partial charge in [-0.15, -0.1) is 11.6 Å². The maximum Gasteiger partial charge on any atom is 0.241 e.